The lowest BCUT2D eigenvalue weighted by atomic mass is 10.0. The number of nitrogens with two attached hydrogens (primary N) is 12. The monoisotopic (exact) mass is 1350 g/mol. The van der Waals surface area contributed by atoms with Crippen molar-refractivity contribution in [2.24, 2.45) is 88.0 Å². The molecule has 42 nitrogen and oxygen atoms in total. The summed E-state index contributed by atoms with van der Waals surface area (Å²) in [6, 6.07) is -8.15. The molecule has 1 aromatic rings. The van der Waals surface area contributed by atoms with Crippen LogP contribution in [0.2, 0.25) is 0 Å². The molecular weight excluding hydrogens is 1260 g/mol. The number of morpholine rings is 1. The molecule has 2 rings (SSSR count). The number of rotatable bonds is 43. The molecular formula is C51H95N29O13P+. The number of urea groups is 1. The number of nitrogen functional groups attached to an aromatic ring is 1. The van der Waals surface area contributed by atoms with Crippen molar-refractivity contribution in [3.63, 3.8) is 0 Å². The van der Waals surface area contributed by atoms with E-state index in [1.165, 1.54) is 42.9 Å². The molecule has 0 bridgehead atoms. The molecule has 0 radical (unpaired) electrons. The van der Waals surface area contributed by atoms with E-state index < -0.39 is 122 Å². The summed E-state index contributed by atoms with van der Waals surface area (Å²) in [6.45, 7) is -0.244. The quantitative estimate of drug-likeness (QED) is 0.0125. The van der Waals surface area contributed by atoms with E-state index in [9.17, 15) is 52.5 Å². The van der Waals surface area contributed by atoms with Gasteiger partial charge in [0.15, 0.2) is 36.0 Å². The molecule has 0 aliphatic carbocycles. The Hall–Kier alpha value is -9.96. The van der Waals surface area contributed by atoms with Crippen LogP contribution < -0.4 is 117 Å². The van der Waals surface area contributed by atoms with Crippen LogP contribution in [0.3, 0.4) is 0 Å². The number of primary amides is 1. The largest absolute Gasteiger partial charge is 0.615 e. The minimum Gasteiger partial charge on any atom is -0.383 e. The van der Waals surface area contributed by atoms with Crippen LogP contribution in [-0.2, 0) is 52.2 Å². The van der Waals surface area contributed by atoms with Crippen molar-refractivity contribution in [1.29, 1.82) is 0 Å². The fraction of sp³-hybridized carbons (Fsp3) is 0.647. The van der Waals surface area contributed by atoms with Crippen LogP contribution in [0.4, 0.5) is 10.6 Å². The third-order valence-corrected chi connectivity index (χ3v) is 14.4. The Kier molecular flexibility index (Phi) is 36.6. The number of carbonyl (C=O) groups is 9. The first kappa shape index (κ1) is 80.1. The van der Waals surface area contributed by atoms with Gasteiger partial charge in [0.05, 0.1) is 13.1 Å². The second-order valence-electron chi connectivity index (χ2n) is 21.4. The Morgan fingerprint density at radius 3 is 1.28 bits per heavy atom. The summed E-state index contributed by atoms with van der Waals surface area (Å²) >= 11 is 0. The predicted molar refractivity (Wildman–Crippen MR) is 347 cm³/mol. The van der Waals surface area contributed by atoms with Crippen LogP contribution in [0.25, 0.3) is 0 Å². The zero-order valence-electron chi connectivity index (χ0n) is 53.0. The van der Waals surface area contributed by atoms with Gasteiger partial charge in [0.2, 0.25) is 47.3 Å². The van der Waals surface area contributed by atoms with Gasteiger partial charge < -0.3 is 121 Å². The lowest BCUT2D eigenvalue weighted by Gasteiger charge is -2.37. The lowest BCUT2D eigenvalue weighted by Crippen LogP contribution is -2.60. The van der Waals surface area contributed by atoms with E-state index in [0.717, 1.165) is 4.57 Å². The zero-order chi connectivity index (χ0) is 70.5. The fourth-order valence-corrected chi connectivity index (χ4v) is 9.35. The van der Waals surface area contributed by atoms with E-state index in [-0.39, 0.29) is 172 Å². The SMILES string of the molecule is CC(=O)N[C@@H](CCCN=C(N)N)C(=O)N[C@@H](CCCN=C(N)N)C(=O)N[C@@H](CCCNC(N)=O)C(=O)N[C@@H](CCCN=C(N)N)C(=O)N[C@@H](CCCN=C(N)N)C(=O)N[C@@H](CCCN=C(N)N)C(=O)NCC(=O)N1C[C@@H](CO[P+](=O)N(C)C)O[C@@H](n2ccc(N)nc2=O)C1. The number of hydrogen-bond donors (Lipinski definition) is 20. The normalized spacial score (nSPS) is 15.4. The average Bonchev–Trinajstić information content (AvgIpc) is 0.879. The number of amides is 10. The first-order valence-electron chi connectivity index (χ1n) is 29.8. The first-order valence-corrected chi connectivity index (χ1v) is 30.9. The maximum Gasteiger partial charge on any atom is 0.615 e. The molecule has 9 atom stereocenters. The standard InChI is InChI=1S/C51H94N29O13P/c1-28(81)71-31(11-5-18-65-46(55)56)40(84)73-33(13-7-20-67-48(59)60)42(86)76-35(15-9-22-69-50(63)89)44(88)75-34(14-8-21-68-49(61)62)43(87)74-32(12-6-19-66-47(57)58)41(85)72-30(10-4-17-64-45(53)54)39(83)70-24-37(82)79-25-29(27-92-94(91)78(2)3)93-38(26-79)80-23-16-36(52)77-51(80)90/h16,23,29-35,38H,4-15,17-22,24-27H2,1-3H3,(H31-,52,53,54,55,56,57,58,59,60,61,62,63,64,65,66,67,68,69,70,71,72,73,74,75,76,77,81,83,84,85,86,87,88,89,90)/p+1/t29-,30-,31-,32-,33-,34-,35-,38+/m0/s1. The van der Waals surface area contributed by atoms with E-state index >= 15 is 0 Å². The number of nitrogens with zero attached hydrogens (tertiary/aromatic N) is 9. The number of anilines is 1. The number of aliphatic imine (C=N–C) groups is 5. The molecule has 94 heavy (non-hydrogen) atoms. The van der Waals surface area contributed by atoms with Gasteiger partial charge in [0, 0.05) is 73.0 Å². The smallest absolute Gasteiger partial charge is 0.383 e. The number of nitrogens with one attached hydrogen (secondary N) is 8. The van der Waals surface area contributed by atoms with Gasteiger partial charge in [-0.2, -0.15) is 4.98 Å². The summed E-state index contributed by atoms with van der Waals surface area (Å²) in [6.07, 6.45) is -1.08. The van der Waals surface area contributed by atoms with E-state index in [2.05, 4.69) is 72.5 Å². The third-order valence-electron chi connectivity index (χ3n) is 13.3. The highest BCUT2D eigenvalue weighted by Gasteiger charge is 2.37. The van der Waals surface area contributed by atoms with Crippen molar-refractivity contribution >= 4 is 97.1 Å². The summed E-state index contributed by atoms with van der Waals surface area (Å²) in [4.78, 5) is 162. The van der Waals surface area contributed by atoms with Gasteiger partial charge in [0.1, 0.15) is 54.8 Å². The van der Waals surface area contributed by atoms with Crippen LogP contribution in [0, 0.1) is 0 Å². The highest BCUT2D eigenvalue weighted by atomic mass is 31.1. The molecule has 10 amide bonds. The molecule has 1 aliphatic rings. The molecule has 526 valence electrons. The number of ether oxygens (including phenoxy) is 1. The van der Waals surface area contributed by atoms with Gasteiger partial charge in [-0.3, -0.25) is 67.9 Å². The van der Waals surface area contributed by atoms with Crippen molar-refractivity contribution in [1.82, 2.24) is 61.7 Å². The van der Waals surface area contributed by atoms with Gasteiger partial charge in [-0.1, -0.05) is 4.67 Å². The van der Waals surface area contributed by atoms with E-state index in [1.807, 2.05) is 0 Å². The summed E-state index contributed by atoms with van der Waals surface area (Å²) in [5.74, 6) is -8.08. The number of carbonyl (C=O) groups excluding carboxylic acids is 9. The summed E-state index contributed by atoms with van der Waals surface area (Å²) in [5.41, 5.74) is 65.5. The maximum atomic E-state index is 14.7. The minimum absolute atomic E-state index is 0.00576. The Balaban J connectivity index is 2.61. The summed E-state index contributed by atoms with van der Waals surface area (Å²) in [5, 5.41) is 20.6. The van der Waals surface area contributed by atoms with Crippen LogP contribution in [0.1, 0.15) is 90.2 Å². The maximum absolute atomic E-state index is 14.7. The molecule has 2 heterocycles. The second-order valence-corrected chi connectivity index (χ2v) is 22.9. The molecule has 0 spiro atoms. The molecule has 1 fully saturated rings. The highest BCUT2D eigenvalue weighted by Crippen LogP contribution is 2.27. The summed E-state index contributed by atoms with van der Waals surface area (Å²) in [7, 11) is 0.739. The number of guanidine groups is 5. The predicted octanol–water partition coefficient (Wildman–Crippen LogP) is -9.45. The van der Waals surface area contributed by atoms with Gasteiger partial charge >= 0.3 is 19.9 Å². The van der Waals surface area contributed by atoms with Crippen LogP contribution in [0.5, 0.6) is 0 Å². The van der Waals surface area contributed by atoms with Gasteiger partial charge in [-0.15, -0.1) is 4.52 Å². The molecule has 1 unspecified atom stereocenters. The van der Waals surface area contributed by atoms with Crippen LogP contribution >= 0.6 is 8.18 Å². The zero-order valence-corrected chi connectivity index (χ0v) is 53.9. The van der Waals surface area contributed by atoms with Crippen LogP contribution in [-0.4, -0.2) is 224 Å². The fourth-order valence-electron chi connectivity index (χ4n) is 8.83. The van der Waals surface area contributed by atoms with Crippen molar-refractivity contribution < 1.29 is 57.0 Å². The van der Waals surface area contributed by atoms with Crippen molar-refractivity contribution in [3.05, 3.63) is 22.7 Å². The van der Waals surface area contributed by atoms with Gasteiger partial charge in [0.25, 0.3) is 0 Å². The molecule has 32 N–H and O–H groups in total. The minimum atomic E-state index is -2.30. The highest BCUT2D eigenvalue weighted by molar-refractivity contribution is 7.36. The second kappa shape index (κ2) is 43.0. The van der Waals surface area contributed by atoms with Crippen molar-refractivity contribution in [2.45, 2.75) is 133 Å². The molecule has 0 aromatic carbocycles. The van der Waals surface area contributed by atoms with E-state index in [1.54, 1.807) is 0 Å². The summed E-state index contributed by atoms with van der Waals surface area (Å²) < 4.78 is 26.4. The topological polar surface area (TPSA) is 701 Å². The Bertz CT molecular complexity index is 2910. The third kappa shape index (κ3) is 33.4. The number of aromatic nitrogens is 2. The van der Waals surface area contributed by atoms with Gasteiger partial charge in [-0.05, 0) is 87.7 Å². The van der Waals surface area contributed by atoms with E-state index in [4.69, 9.17) is 78.1 Å². The van der Waals surface area contributed by atoms with Gasteiger partial charge in [-0.25, -0.2) is 9.59 Å². The van der Waals surface area contributed by atoms with Crippen molar-refractivity contribution in [3.8, 4) is 0 Å². The van der Waals surface area contributed by atoms with Crippen molar-refractivity contribution in [2.75, 3.05) is 85.3 Å². The Morgan fingerprint density at radius 2 is 0.936 bits per heavy atom. The molecule has 1 saturated heterocycles. The Morgan fingerprint density at radius 1 is 0.574 bits per heavy atom. The number of hydrogen-bond acceptors (Lipinski definition) is 20. The van der Waals surface area contributed by atoms with E-state index in [0.29, 0.717) is 0 Å². The molecule has 1 aliphatic heterocycles. The van der Waals surface area contributed by atoms with Crippen LogP contribution in [0.15, 0.2) is 42.0 Å². The Labute approximate surface area is 542 Å². The lowest BCUT2D eigenvalue weighted by molar-refractivity contribution is -0.158. The molecule has 43 heteroatoms. The molecule has 1 aromatic heterocycles. The average molecular weight is 1350 g/mol. The first-order chi connectivity index (χ1) is 44.4. The molecule has 0 saturated carbocycles.